The van der Waals surface area contributed by atoms with Crippen molar-refractivity contribution in [3.8, 4) is 17.2 Å². The Kier molecular flexibility index (Phi) is 6.90. The zero-order chi connectivity index (χ0) is 28.6. The first-order valence-electron chi connectivity index (χ1n) is 11.4. The Labute approximate surface area is 228 Å². The van der Waals surface area contributed by atoms with Crippen molar-refractivity contribution in [2.75, 3.05) is 7.11 Å². The number of thioether (sulfide) groups is 1. The summed E-state index contributed by atoms with van der Waals surface area (Å²) in [5.74, 6) is -1.02. The Hall–Kier alpha value is -4.91. The molecule has 1 N–H and O–H groups in total. The van der Waals surface area contributed by atoms with Crippen molar-refractivity contribution in [2.24, 2.45) is 4.99 Å². The average Bonchev–Trinajstić information content (AvgIpc) is 3.35. The number of benzene rings is 3. The van der Waals surface area contributed by atoms with Gasteiger partial charge in [-0.25, -0.2) is 0 Å². The van der Waals surface area contributed by atoms with Crippen LogP contribution in [0.1, 0.15) is 16.7 Å². The van der Waals surface area contributed by atoms with E-state index in [4.69, 9.17) is 14.9 Å². The first kappa shape index (κ1) is 26.7. The zero-order valence-electron chi connectivity index (χ0n) is 20.4. The van der Waals surface area contributed by atoms with Crippen LogP contribution in [0.2, 0.25) is 0 Å². The molecule has 3 aromatic rings. The van der Waals surface area contributed by atoms with Gasteiger partial charge in [0.25, 0.3) is 5.91 Å². The molecular weight excluding hydrogens is 549 g/mol. The highest BCUT2D eigenvalue weighted by molar-refractivity contribution is 8.17. The second kappa shape index (κ2) is 10.3. The summed E-state index contributed by atoms with van der Waals surface area (Å²) < 4.78 is 50.0. The highest BCUT2D eigenvalue weighted by atomic mass is 32.2. The van der Waals surface area contributed by atoms with Gasteiger partial charge in [0.1, 0.15) is 5.84 Å². The molecule has 1 amide bonds. The van der Waals surface area contributed by atoms with Crippen LogP contribution in [0.5, 0.6) is 17.2 Å². The van der Waals surface area contributed by atoms with Gasteiger partial charge in [0.15, 0.2) is 16.7 Å². The number of carbonyl (C=O) groups excluding carboxylic acids is 1. The number of halogens is 3. The SMILES string of the molecule is COc1cc(/C=C2/C(=N)N3C(c4ccccc4)=CSC3=NC2=O)ccc1Oc1ccc(C(F)(F)F)cc1[N+](=O)[O-]. The van der Waals surface area contributed by atoms with Crippen LogP contribution in [0, 0.1) is 15.5 Å². The van der Waals surface area contributed by atoms with Crippen LogP contribution in [0.15, 0.2) is 82.7 Å². The van der Waals surface area contributed by atoms with Crippen LogP contribution in [0.4, 0.5) is 18.9 Å². The van der Waals surface area contributed by atoms with Gasteiger partial charge in [-0.1, -0.05) is 48.2 Å². The molecule has 0 spiro atoms. The van der Waals surface area contributed by atoms with Crippen molar-refractivity contribution < 1.29 is 32.4 Å². The minimum atomic E-state index is -4.77. The van der Waals surface area contributed by atoms with Crippen molar-refractivity contribution in [2.45, 2.75) is 6.18 Å². The van der Waals surface area contributed by atoms with Gasteiger partial charge < -0.3 is 9.47 Å². The van der Waals surface area contributed by atoms with Crippen molar-refractivity contribution in [3.63, 3.8) is 0 Å². The Morgan fingerprint density at radius 2 is 1.77 bits per heavy atom. The molecule has 2 aliphatic heterocycles. The topological polar surface area (TPSA) is 118 Å². The number of nitro benzene ring substituents is 1. The number of fused-ring (bicyclic) bond motifs is 1. The number of nitro groups is 1. The van der Waals surface area contributed by atoms with Gasteiger partial charge >= 0.3 is 11.9 Å². The summed E-state index contributed by atoms with van der Waals surface area (Å²) in [6.45, 7) is 0. The highest BCUT2D eigenvalue weighted by Crippen LogP contribution is 2.41. The lowest BCUT2D eigenvalue weighted by Crippen LogP contribution is -2.38. The van der Waals surface area contributed by atoms with Gasteiger partial charge in [0.2, 0.25) is 5.75 Å². The molecule has 2 aliphatic rings. The lowest BCUT2D eigenvalue weighted by Gasteiger charge is -2.27. The summed E-state index contributed by atoms with van der Waals surface area (Å²) >= 11 is 1.24. The Morgan fingerprint density at radius 1 is 1.05 bits per heavy atom. The number of rotatable bonds is 6. The minimum absolute atomic E-state index is 0.0110. The van der Waals surface area contributed by atoms with Crippen LogP contribution < -0.4 is 9.47 Å². The van der Waals surface area contributed by atoms with E-state index in [0.717, 1.165) is 11.6 Å². The van der Waals surface area contributed by atoms with Crippen molar-refractivity contribution in [3.05, 3.63) is 105 Å². The zero-order valence-corrected chi connectivity index (χ0v) is 21.2. The molecule has 40 heavy (non-hydrogen) atoms. The Morgan fingerprint density at radius 3 is 2.45 bits per heavy atom. The summed E-state index contributed by atoms with van der Waals surface area (Å²) in [6.07, 6.45) is -3.32. The maximum Gasteiger partial charge on any atom is 0.416 e. The summed E-state index contributed by atoms with van der Waals surface area (Å²) in [5.41, 5.74) is -0.0696. The third-order valence-corrected chi connectivity index (χ3v) is 6.71. The van der Waals surface area contributed by atoms with Crippen molar-refractivity contribution >= 4 is 46.1 Å². The normalized spacial score (nSPS) is 16.0. The number of alkyl halides is 3. The minimum Gasteiger partial charge on any atom is -0.493 e. The van der Waals surface area contributed by atoms with E-state index in [1.807, 2.05) is 35.7 Å². The van der Waals surface area contributed by atoms with E-state index in [-0.39, 0.29) is 22.9 Å². The number of carbonyl (C=O) groups is 1. The lowest BCUT2D eigenvalue weighted by molar-refractivity contribution is -0.385. The van der Waals surface area contributed by atoms with E-state index < -0.39 is 34.0 Å². The van der Waals surface area contributed by atoms with Crippen LogP contribution in [0.25, 0.3) is 11.8 Å². The second-order valence-electron chi connectivity index (χ2n) is 8.38. The molecule has 0 aromatic heterocycles. The molecule has 0 atom stereocenters. The monoisotopic (exact) mass is 566 g/mol. The standard InChI is InChI=1S/C27H17F3N4O5S/c1-38-23-12-15(7-9-22(23)39-21-10-8-17(27(28,29)30)13-19(21)34(36)37)11-18-24(31)33-20(16-5-3-2-4-6-16)14-40-26(33)32-25(18)35/h2-14,31H,1H3/b18-11-,31-24?. The highest BCUT2D eigenvalue weighted by Gasteiger charge is 2.36. The molecule has 9 nitrogen and oxygen atoms in total. The van der Waals surface area contributed by atoms with E-state index in [0.29, 0.717) is 28.6 Å². The molecule has 0 bridgehead atoms. The van der Waals surface area contributed by atoms with Crippen LogP contribution in [-0.4, -0.2) is 33.8 Å². The maximum absolute atomic E-state index is 13.0. The number of aliphatic imine (C=N–C) groups is 1. The summed E-state index contributed by atoms with van der Waals surface area (Å²) in [6, 6.07) is 15.6. The fourth-order valence-electron chi connectivity index (χ4n) is 3.98. The fourth-order valence-corrected chi connectivity index (χ4v) is 4.87. The first-order valence-corrected chi connectivity index (χ1v) is 12.3. The number of ether oxygens (including phenoxy) is 2. The number of amides is 1. The average molecular weight is 567 g/mol. The van der Waals surface area contributed by atoms with E-state index in [9.17, 15) is 28.1 Å². The number of hydrogen-bond donors (Lipinski definition) is 1. The molecule has 202 valence electrons. The van der Waals surface area contributed by atoms with E-state index in [1.165, 1.54) is 43.1 Å². The van der Waals surface area contributed by atoms with Crippen molar-refractivity contribution in [1.82, 2.24) is 4.90 Å². The molecule has 0 fully saturated rings. The molecule has 13 heteroatoms. The lowest BCUT2D eigenvalue weighted by atomic mass is 10.1. The summed E-state index contributed by atoms with van der Waals surface area (Å²) in [4.78, 5) is 28.9. The number of methoxy groups -OCH3 is 1. The Bertz CT molecular complexity index is 1650. The van der Waals surface area contributed by atoms with E-state index in [2.05, 4.69) is 4.99 Å². The van der Waals surface area contributed by atoms with Crippen LogP contribution in [0.3, 0.4) is 0 Å². The Balaban J connectivity index is 1.45. The molecule has 2 heterocycles. The molecule has 3 aromatic carbocycles. The molecule has 5 rings (SSSR count). The molecule has 0 saturated carbocycles. The third-order valence-electron chi connectivity index (χ3n) is 5.89. The largest absolute Gasteiger partial charge is 0.493 e. The fraction of sp³-hybridized carbons (Fsp3) is 0.0741. The van der Waals surface area contributed by atoms with Gasteiger partial charge in [-0.2, -0.15) is 18.2 Å². The quantitative estimate of drug-likeness (QED) is 0.200. The second-order valence-corrected chi connectivity index (χ2v) is 9.21. The summed E-state index contributed by atoms with van der Waals surface area (Å²) in [7, 11) is 1.31. The molecule has 0 radical (unpaired) electrons. The van der Waals surface area contributed by atoms with Gasteiger partial charge in [0.05, 0.1) is 28.9 Å². The van der Waals surface area contributed by atoms with E-state index in [1.54, 1.807) is 4.90 Å². The van der Waals surface area contributed by atoms with Crippen LogP contribution in [-0.2, 0) is 11.0 Å². The third kappa shape index (κ3) is 5.06. The van der Waals surface area contributed by atoms with E-state index >= 15 is 0 Å². The number of nitrogens with zero attached hydrogens (tertiary/aromatic N) is 3. The molecular formula is C27H17F3N4O5S. The van der Waals surface area contributed by atoms with Gasteiger partial charge in [-0.3, -0.25) is 25.2 Å². The van der Waals surface area contributed by atoms with Gasteiger partial charge in [0, 0.05) is 11.5 Å². The predicted octanol–water partition coefficient (Wildman–Crippen LogP) is 6.72. The van der Waals surface area contributed by atoms with Gasteiger partial charge in [-0.05, 0) is 41.5 Å². The predicted molar refractivity (Wildman–Crippen MR) is 143 cm³/mol. The summed E-state index contributed by atoms with van der Waals surface area (Å²) in [5, 5.41) is 22.4. The molecule has 0 unspecified atom stereocenters. The van der Waals surface area contributed by atoms with Gasteiger partial charge in [-0.15, -0.1) is 0 Å². The first-order chi connectivity index (χ1) is 19.1. The number of nitrogens with one attached hydrogen (secondary N) is 1. The maximum atomic E-state index is 13.0. The molecule has 0 saturated heterocycles. The van der Waals surface area contributed by atoms with Crippen molar-refractivity contribution in [1.29, 1.82) is 5.41 Å². The molecule has 0 aliphatic carbocycles. The smallest absolute Gasteiger partial charge is 0.416 e. The number of hydrogen-bond acceptors (Lipinski definition) is 7. The van der Waals surface area contributed by atoms with Crippen LogP contribution >= 0.6 is 11.8 Å². The number of amidine groups is 2.